The smallest absolute Gasteiger partial charge is 0.317 e. The van der Waals surface area contributed by atoms with Crippen molar-refractivity contribution < 1.29 is 9.53 Å². The van der Waals surface area contributed by atoms with Gasteiger partial charge in [-0.1, -0.05) is 0 Å². The van der Waals surface area contributed by atoms with Crippen molar-refractivity contribution in [3.8, 4) is 0 Å². The van der Waals surface area contributed by atoms with Crippen molar-refractivity contribution in [1.82, 2.24) is 30.0 Å². The van der Waals surface area contributed by atoms with Crippen molar-refractivity contribution in [2.75, 3.05) is 51.3 Å². The monoisotopic (exact) mass is 319 g/mol. The van der Waals surface area contributed by atoms with E-state index in [0.29, 0.717) is 26.2 Å². The minimum absolute atomic E-state index is 0.0455. The number of piperazine rings is 1. The Bertz CT molecular complexity index is 679. The maximum absolute atomic E-state index is 12.0. The number of urea groups is 1. The summed E-state index contributed by atoms with van der Waals surface area (Å²) in [7, 11) is 3.48. The number of methoxy groups -OCH3 is 1. The van der Waals surface area contributed by atoms with Gasteiger partial charge in [-0.05, 0) is 0 Å². The van der Waals surface area contributed by atoms with E-state index in [2.05, 4.69) is 25.3 Å². The van der Waals surface area contributed by atoms with E-state index in [-0.39, 0.29) is 6.03 Å². The first-order chi connectivity index (χ1) is 11.2. The van der Waals surface area contributed by atoms with Crippen molar-refractivity contribution in [3.05, 3.63) is 12.5 Å². The molecular formula is C14H21N7O2. The zero-order chi connectivity index (χ0) is 16.2. The largest absolute Gasteiger partial charge is 0.383 e. The number of fused-ring (bicyclic) bond motifs is 1. The standard InChI is InChI=1S/C14H21N7O2/c1-19-12-11(9-18-19)13(17-10-16-12)20-4-6-21(7-5-20)14(22)15-3-8-23-2/h9-10H,3-8H2,1-2H3,(H,15,22). The zero-order valence-electron chi connectivity index (χ0n) is 13.4. The molecule has 1 fully saturated rings. The highest BCUT2D eigenvalue weighted by Gasteiger charge is 2.23. The highest BCUT2D eigenvalue weighted by molar-refractivity contribution is 5.86. The third-order valence-corrected chi connectivity index (χ3v) is 3.96. The Kier molecular flexibility index (Phi) is 4.56. The van der Waals surface area contributed by atoms with E-state index in [0.717, 1.165) is 29.9 Å². The second-order valence-corrected chi connectivity index (χ2v) is 5.40. The third-order valence-electron chi connectivity index (χ3n) is 3.96. The molecule has 124 valence electrons. The van der Waals surface area contributed by atoms with Crippen LogP contribution >= 0.6 is 0 Å². The van der Waals surface area contributed by atoms with Gasteiger partial charge < -0.3 is 19.9 Å². The summed E-state index contributed by atoms with van der Waals surface area (Å²) < 4.78 is 6.67. The molecule has 1 saturated heterocycles. The van der Waals surface area contributed by atoms with Crippen LogP contribution in [-0.2, 0) is 11.8 Å². The number of anilines is 1. The van der Waals surface area contributed by atoms with Gasteiger partial charge in [0, 0.05) is 46.9 Å². The summed E-state index contributed by atoms with van der Waals surface area (Å²) in [5, 5.41) is 8.02. The fourth-order valence-electron chi connectivity index (χ4n) is 2.69. The molecule has 0 atom stereocenters. The Morgan fingerprint density at radius 2 is 2.09 bits per heavy atom. The Balaban J connectivity index is 1.63. The maximum Gasteiger partial charge on any atom is 0.317 e. The van der Waals surface area contributed by atoms with Crippen LogP contribution in [0, 0.1) is 0 Å². The third kappa shape index (κ3) is 3.19. The van der Waals surface area contributed by atoms with Gasteiger partial charge in [-0.15, -0.1) is 0 Å². The summed E-state index contributed by atoms with van der Waals surface area (Å²) in [6.45, 7) is 3.83. The average molecular weight is 319 g/mol. The van der Waals surface area contributed by atoms with E-state index in [1.165, 1.54) is 0 Å². The van der Waals surface area contributed by atoms with Gasteiger partial charge in [0.1, 0.15) is 12.1 Å². The van der Waals surface area contributed by atoms with E-state index in [1.807, 2.05) is 11.9 Å². The number of amides is 2. The lowest BCUT2D eigenvalue weighted by molar-refractivity contribution is 0.177. The van der Waals surface area contributed by atoms with Crippen LogP contribution in [0.1, 0.15) is 0 Å². The maximum atomic E-state index is 12.0. The fourth-order valence-corrected chi connectivity index (χ4v) is 2.69. The SMILES string of the molecule is COCCNC(=O)N1CCN(c2ncnc3c2cnn3C)CC1. The number of nitrogens with one attached hydrogen (secondary N) is 1. The van der Waals surface area contributed by atoms with Crippen LogP contribution in [0.5, 0.6) is 0 Å². The van der Waals surface area contributed by atoms with Gasteiger partial charge in [-0.2, -0.15) is 5.10 Å². The lowest BCUT2D eigenvalue weighted by Gasteiger charge is -2.35. The van der Waals surface area contributed by atoms with Gasteiger partial charge in [0.15, 0.2) is 5.65 Å². The normalized spacial score (nSPS) is 15.2. The number of hydrogen-bond acceptors (Lipinski definition) is 6. The van der Waals surface area contributed by atoms with Crippen molar-refractivity contribution in [1.29, 1.82) is 0 Å². The van der Waals surface area contributed by atoms with E-state index >= 15 is 0 Å². The molecular weight excluding hydrogens is 298 g/mol. The number of hydrogen-bond donors (Lipinski definition) is 1. The lowest BCUT2D eigenvalue weighted by atomic mass is 10.3. The van der Waals surface area contributed by atoms with Gasteiger partial charge >= 0.3 is 6.03 Å². The molecule has 1 aliphatic rings. The van der Waals surface area contributed by atoms with Crippen molar-refractivity contribution in [2.45, 2.75) is 0 Å². The van der Waals surface area contributed by atoms with Gasteiger partial charge in [-0.25, -0.2) is 14.8 Å². The number of carbonyl (C=O) groups excluding carboxylic acids is 1. The summed E-state index contributed by atoms with van der Waals surface area (Å²) in [6, 6.07) is -0.0455. The quantitative estimate of drug-likeness (QED) is 0.788. The van der Waals surface area contributed by atoms with Crippen LogP contribution in [0.4, 0.5) is 10.6 Å². The fraction of sp³-hybridized carbons (Fsp3) is 0.571. The summed E-state index contributed by atoms with van der Waals surface area (Å²) in [5.74, 6) is 0.877. The average Bonchev–Trinajstić information content (AvgIpc) is 2.97. The predicted molar refractivity (Wildman–Crippen MR) is 85.4 cm³/mol. The summed E-state index contributed by atoms with van der Waals surface area (Å²) in [6.07, 6.45) is 3.34. The second-order valence-electron chi connectivity index (χ2n) is 5.40. The van der Waals surface area contributed by atoms with Crippen molar-refractivity contribution in [2.24, 2.45) is 7.05 Å². The van der Waals surface area contributed by atoms with Crippen LogP contribution in [0.2, 0.25) is 0 Å². The zero-order valence-corrected chi connectivity index (χ0v) is 13.4. The van der Waals surface area contributed by atoms with E-state index < -0.39 is 0 Å². The molecule has 0 radical (unpaired) electrons. The molecule has 2 aromatic rings. The Labute approximate surface area is 134 Å². The van der Waals surface area contributed by atoms with Crippen LogP contribution in [0.25, 0.3) is 11.0 Å². The molecule has 0 aromatic carbocycles. The van der Waals surface area contributed by atoms with Crippen LogP contribution in [0.15, 0.2) is 12.5 Å². The number of nitrogens with zero attached hydrogens (tertiary/aromatic N) is 6. The van der Waals surface area contributed by atoms with Crippen molar-refractivity contribution >= 4 is 22.9 Å². The summed E-state index contributed by atoms with van der Waals surface area (Å²) in [4.78, 5) is 24.7. The molecule has 3 heterocycles. The Morgan fingerprint density at radius 3 is 2.83 bits per heavy atom. The van der Waals surface area contributed by atoms with Gasteiger partial charge in [0.05, 0.1) is 18.2 Å². The first kappa shape index (κ1) is 15.5. The number of carbonyl (C=O) groups is 1. The molecule has 2 aromatic heterocycles. The highest BCUT2D eigenvalue weighted by Crippen LogP contribution is 2.23. The molecule has 0 bridgehead atoms. The Hall–Kier alpha value is -2.42. The predicted octanol–water partition coefficient (Wildman–Crippen LogP) is -0.159. The summed E-state index contributed by atoms with van der Waals surface area (Å²) in [5.41, 5.74) is 0.815. The van der Waals surface area contributed by atoms with E-state index in [9.17, 15) is 4.79 Å². The minimum Gasteiger partial charge on any atom is -0.383 e. The first-order valence-corrected chi connectivity index (χ1v) is 7.60. The molecule has 23 heavy (non-hydrogen) atoms. The molecule has 0 aliphatic carbocycles. The molecule has 2 amide bonds. The molecule has 9 nitrogen and oxygen atoms in total. The molecule has 0 saturated carbocycles. The van der Waals surface area contributed by atoms with Crippen molar-refractivity contribution in [3.63, 3.8) is 0 Å². The number of aryl methyl sites for hydroxylation is 1. The summed E-state index contributed by atoms with van der Waals surface area (Å²) >= 11 is 0. The van der Waals surface area contributed by atoms with Crippen LogP contribution < -0.4 is 10.2 Å². The molecule has 0 spiro atoms. The van der Waals surface area contributed by atoms with Crippen LogP contribution in [-0.4, -0.2) is 77.1 Å². The molecule has 0 unspecified atom stereocenters. The number of rotatable bonds is 4. The molecule has 1 aliphatic heterocycles. The Morgan fingerprint density at radius 1 is 1.30 bits per heavy atom. The van der Waals surface area contributed by atoms with E-state index in [1.54, 1.807) is 24.3 Å². The highest BCUT2D eigenvalue weighted by atomic mass is 16.5. The number of aromatic nitrogens is 4. The first-order valence-electron chi connectivity index (χ1n) is 7.60. The van der Waals surface area contributed by atoms with E-state index in [4.69, 9.17) is 4.74 Å². The molecule has 9 heteroatoms. The number of ether oxygens (including phenoxy) is 1. The second kappa shape index (κ2) is 6.78. The lowest BCUT2D eigenvalue weighted by Crippen LogP contribution is -2.52. The minimum atomic E-state index is -0.0455. The topological polar surface area (TPSA) is 88.4 Å². The van der Waals surface area contributed by atoms with Gasteiger partial charge in [0.25, 0.3) is 0 Å². The van der Waals surface area contributed by atoms with Crippen LogP contribution in [0.3, 0.4) is 0 Å². The van der Waals surface area contributed by atoms with Gasteiger partial charge in [-0.3, -0.25) is 4.68 Å². The molecule has 3 rings (SSSR count). The van der Waals surface area contributed by atoms with Gasteiger partial charge in [0.2, 0.25) is 0 Å². The molecule has 1 N–H and O–H groups in total.